The molecule has 0 radical (unpaired) electrons. The van der Waals surface area contributed by atoms with E-state index < -0.39 is 5.91 Å². The minimum atomic E-state index is -0.587. The zero-order chi connectivity index (χ0) is 20.6. The topological polar surface area (TPSA) is 72.6 Å². The zero-order valence-electron chi connectivity index (χ0n) is 16.4. The SMILES string of the molecule is COc1cc(C(=O)CN(Cc2ccccc2)Cc2ccccc2)ccc1C(N)=O. The van der Waals surface area contributed by atoms with Gasteiger partial charge in [0.2, 0.25) is 0 Å². The number of methoxy groups -OCH3 is 1. The van der Waals surface area contributed by atoms with Crippen LogP contribution in [0.15, 0.2) is 78.9 Å². The van der Waals surface area contributed by atoms with Gasteiger partial charge in [-0.15, -0.1) is 0 Å². The van der Waals surface area contributed by atoms with E-state index >= 15 is 0 Å². The molecule has 2 N–H and O–H groups in total. The predicted octanol–water partition coefficient (Wildman–Crippen LogP) is 3.68. The fourth-order valence-electron chi connectivity index (χ4n) is 3.21. The molecule has 29 heavy (non-hydrogen) atoms. The number of Topliss-reactive ketones (excluding diaryl/α,β-unsaturated/α-hetero) is 1. The van der Waals surface area contributed by atoms with E-state index in [0.29, 0.717) is 24.4 Å². The molecule has 0 aliphatic carbocycles. The van der Waals surface area contributed by atoms with Crippen LogP contribution in [0.5, 0.6) is 5.75 Å². The minimum Gasteiger partial charge on any atom is -0.496 e. The summed E-state index contributed by atoms with van der Waals surface area (Å²) in [5, 5.41) is 0. The third kappa shape index (κ3) is 5.53. The van der Waals surface area contributed by atoms with Crippen LogP contribution in [0.3, 0.4) is 0 Å². The summed E-state index contributed by atoms with van der Waals surface area (Å²) < 4.78 is 5.23. The smallest absolute Gasteiger partial charge is 0.252 e. The van der Waals surface area contributed by atoms with Gasteiger partial charge in [-0.25, -0.2) is 0 Å². The number of nitrogens with zero attached hydrogens (tertiary/aromatic N) is 1. The lowest BCUT2D eigenvalue weighted by Gasteiger charge is -2.22. The average molecular weight is 388 g/mol. The summed E-state index contributed by atoms with van der Waals surface area (Å²) in [7, 11) is 1.45. The van der Waals surface area contributed by atoms with E-state index in [0.717, 1.165) is 11.1 Å². The minimum absolute atomic E-state index is 0.0498. The van der Waals surface area contributed by atoms with Crippen molar-refractivity contribution in [2.45, 2.75) is 13.1 Å². The van der Waals surface area contributed by atoms with Gasteiger partial charge in [0, 0.05) is 18.7 Å². The summed E-state index contributed by atoms with van der Waals surface area (Å²) in [5.74, 6) is -0.331. The number of rotatable bonds is 9. The molecule has 1 amide bonds. The molecular formula is C24H24N2O3. The maximum Gasteiger partial charge on any atom is 0.252 e. The number of hydrogen-bond acceptors (Lipinski definition) is 4. The van der Waals surface area contributed by atoms with Gasteiger partial charge in [0.25, 0.3) is 5.91 Å². The molecule has 0 saturated carbocycles. The first-order chi connectivity index (χ1) is 14.1. The van der Waals surface area contributed by atoms with Crippen LogP contribution in [0.25, 0.3) is 0 Å². The molecule has 3 aromatic rings. The molecule has 0 bridgehead atoms. The Hall–Kier alpha value is -3.44. The van der Waals surface area contributed by atoms with E-state index in [9.17, 15) is 9.59 Å². The van der Waals surface area contributed by atoms with E-state index in [-0.39, 0.29) is 17.9 Å². The molecule has 148 valence electrons. The highest BCUT2D eigenvalue weighted by Crippen LogP contribution is 2.21. The Kier molecular flexibility index (Phi) is 6.76. The number of amides is 1. The van der Waals surface area contributed by atoms with Gasteiger partial charge >= 0.3 is 0 Å². The molecule has 5 nitrogen and oxygen atoms in total. The van der Waals surface area contributed by atoms with Crippen molar-refractivity contribution in [3.8, 4) is 5.75 Å². The van der Waals surface area contributed by atoms with Crippen molar-refractivity contribution >= 4 is 11.7 Å². The second-order valence-corrected chi connectivity index (χ2v) is 6.82. The highest BCUT2D eigenvalue weighted by Gasteiger charge is 2.17. The van der Waals surface area contributed by atoms with Crippen LogP contribution in [0.2, 0.25) is 0 Å². The molecule has 3 rings (SSSR count). The van der Waals surface area contributed by atoms with Crippen LogP contribution in [-0.4, -0.2) is 30.2 Å². The second-order valence-electron chi connectivity index (χ2n) is 6.82. The van der Waals surface area contributed by atoms with Crippen molar-refractivity contribution in [2.24, 2.45) is 5.73 Å². The van der Waals surface area contributed by atoms with E-state index in [1.807, 2.05) is 60.7 Å². The van der Waals surface area contributed by atoms with Crippen LogP contribution < -0.4 is 10.5 Å². The highest BCUT2D eigenvalue weighted by molar-refractivity contribution is 6.01. The molecule has 0 fully saturated rings. The number of hydrogen-bond donors (Lipinski definition) is 1. The Morgan fingerprint density at radius 3 is 1.90 bits per heavy atom. The molecule has 0 saturated heterocycles. The first-order valence-corrected chi connectivity index (χ1v) is 9.38. The standard InChI is InChI=1S/C24H24N2O3/c1-29-23-14-20(12-13-21(23)24(25)28)22(27)17-26(15-18-8-4-2-5-9-18)16-19-10-6-3-7-11-19/h2-14H,15-17H2,1H3,(H2,25,28). The summed E-state index contributed by atoms with van der Waals surface area (Å²) in [6.07, 6.45) is 0. The highest BCUT2D eigenvalue weighted by atomic mass is 16.5. The van der Waals surface area contributed by atoms with E-state index in [1.54, 1.807) is 12.1 Å². The lowest BCUT2D eigenvalue weighted by atomic mass is 10.1. The summed E-state index contributed by atoms with van der Waals surface area (Å²) in [6, 6.07) is 24.8. The van der Waals surface area contributed by atoms with Crippen molar-refractivity contribution < 1.29 is 14.3 Å². The number of carbonyl (C=O) groups excluding carboxylic acids is 2. The van der Waals surface area contributed by atoms with Crippen molar-refractivity contribution in [1.29, 1.82) is 0 Å². The van der Waals surface area contributed by atoms with Gasteiger partial charge in [0.05, 0.1) is 19.2 Å². The lowest BCUT2D eigenvalue weighted by Crippen LogP contribution is -2.29. The number of ketones is 1. The third-order valence-electron chi connectivity index (χ3n) is 4.65. The first kappa shape index (κ1) is 20.3. The zero-order valence-corrected chi connectivity index (χ0v) is 16.4. The van der Waals surface area contributed by atoms with Gasteiger partial charge in [-0.3, -0.25) is 14.5 Å². The normalized spacial score (nSPS) is 10.7. The van der Waals surface area contributed by atoms with Crippen LogP contribution in [0.1, 0.15) is 31.8 Å². The van der Waals surface area contributed by atoms with Gasteiger partial charge in [-0.2, -0.15) is 0 Å². The largest absolute Gasteiger partial charge is 0.496 e. The van der Waals surface area contributed by atoms with Crippen molar-refractivity contribution in [2.75, 3.05) is 13.7 Å². The Bertz CT molecular complexity index is 930. The number of benzene rings is 3. The molecule has 0 unspecified atom stereocenters. The van der Waals surface area contributed by atoms with Crippen LogP contribution in [0.4, 0.5) is 0 Å². The maximum atomic E-state index is 13.0. The molecule has 0 heterocycles. The monoisotopic (exact) mass is 388 g/mol. The number of carbonyl (C=O) groups is 2. The fourth-order valence-corrected chi connectivity index (χ4v) is 3.21. The van der Waals surface area contributed by atoms with Gasteiger partial charge < -0.3 is 10.5 Å². The first-order valence-electron chi connectivity index (χ1n) is 9.38. The summed E-state index contributed by atoms with van der Waals surface area (Å²) in [4.78, 5) is 26.6. The van der Waals surface area contributed by atoms with Crippen molar-refractivity contribution in [3.63, 3.8) is 0 Å². The molecule has 0 spiro atoms. The van der Waals surface area contributed by atoms with E-state index in [4.69, 9.17) is 10.5 Å². The molecule has 5 heteroatoms. The van der Waals surface area contributed by atoms with Gasteiger partial charge in [-0.05, 0) is 23.3 Å². The van der Waals surface area contributed by atoms with Crippen LogP contribution in [0, 0.1) is 0 Å². The fraction of sp³-hybridized carbons (Fsp3) is 0.167. The second kappa shape index (κ2) is 9.66. The van der Waals surface area contributed by atoms with E-state index in [1.165, 1.54) is 13.2 Å². The quantitative estimate of drug-likeness (QED) is 0.568. The molecule has 0 aliphatic rings. The molecule has 0 atom stereocenters. The summed E-state index contributed by atoms with van der Waals surface area (Å²) in [6.45, 7) is 1.54. The molecule has 3 aromatic carbocycles. The Morgan fingerprint density at radius 2 is 1.41 bits per heavy atom. The number of primary amides is 1. The molecule has 0 aromatic heterocycles. The molecule has 0 aliphatic heterocycles. The van der Waals surface area contributed by atoms with Crippen LogP contribution in [-0.2, 0) is 13.1 Å². The van der Waals surface area contributed by atoms with E-state index in [2.05, 4.69) is 4.90 Å². The van der Waals surface area contributed by atoms with Crippen LogP contribution >= 0.6 is 0 Å². The maximum absolute atomic E-state index is 13.0. The average Bonchev–Trinajstić information content (AvgIpc) is 2.74. The van der Waals surface area contributed by atoms with Gasteiger partial charge in [-0.1, -0.05) is 66.7 Å². The van der Waals surface area contributed by atoms with Gasteiger partial charge in [0.1, 0.15) is 5.75 Å². The lowest BCUT2D eigenvalue weighted by molar-refractivity contribution is 0.0918. The number of ether oxygens (including phenoxy) is 1. The number of nitrogens with two attached hydrogens (primary N) is 1. The summed E-state index contributed by atoms with van der Waals surface area (Å²) >= 11 is 0. The third-order valence-corrected chi connectivity index (χ3v) is 4.65. The Labute approximate surface area is 170 Å². The molecular weight excluding hydrogens is 364 g/mol. The summed E-state index contributed by atoms with van der Waals surface area (Å²) in [5.41, 5.74) is 8.37. The van der Waals surface area contributed by atoms with Crippen molar-refractivity contribution in [1.82, 2.24) is 4.90 Å². The van der Waals surface area contributed by atoms with Crippen molar-refractivity contribution in [3.05, 3.63) is 101 Å². The predicted molar refractivity (Wildman–Crippen MR) is 113 cm³/mol. The Morgan fingerprint density at radius 1 is 0.862 bits per heavy atom. The Balaban J connectivity index is 1.80. The van der Waals surface area contributed by atoms with Gasteiger partial charge in [0.15, 0.2) is 5.78 Å².